The highest BCUT2D eigenvalue weighted by Gasteiger charge is 2.02. The van der Waals surface area contributed by atoms with Gasteiger partial charge in [-0.1, -0.05) is 11.8 Å². The van der Waals surface area contributed by atoms with E-state index in [2.05, 4.69) is 21.8 Å². The van der Waals surface area contributed by atoms with Gasteiger partial charge in [0.25, 0.3) is 0 Å². The van der Waals surface area contributed by atoms with E-state index in [1.165, 1.54) is 13.3 Å². The average Bonchev–Trinajstić information content (AvgIpc) is 2.20. The van der Waals surface area contributed by atoms with Crippen LogP contribution in [-0.4, -0.2) is 23.6 Å². The minimum absolute atomic E-state index is 0.145. The molecule has 0 aliphatic carbocycles. The standard InChI is InChI=1S/C9H10ClN3O/c1-14-8-7(4-2-3-5-11)6-12-9(10)13-8/h6H,3,5,11H2,1H3. The Hall–Kier alpha value is -1.31. The van der Waals surface area contributed by atoms with E-state index in [0.717, 1.165) is 0 Å². The first-order valence-corrected chi connectivity index (χ1v) is 4.41. The fourth-order valence-electron chi connectivity index (χ4n) is 0.817. The third-order valence-electron chi connectivity index (χ3n) is 1.41. The first-order chi connectivity index (χ1) is 6.77. The van der Waals surface area contributed by atoms with Crippen molar-refractivity contribution in [3.8, 4) is 17.7 Å². The van der Waals surface area contributed by atoms with Crippen molar-refractivity contribution in [1.29, 1.82) is 0 Å². The van der Waals surface area contributed by atoms with Gasteiger partial charge in [-0.05, 0) is 11.6 Å². The molecule has 0 saturated carbocycles. The lowest BCUT2D eigenvalue weighted by Gasteiger charge is -2.00. The molecule has 0 radical (unpaired) electrons. The van der Waals surface area contributed by atoms with Crippen LogP contribution in [0, 0.1) is 11.8 Å². The van der Waals surface area contributed by atoms with Gasteiger partial charge in [-0.2, -0.15) is 4.98 Å². The highest BCUT2D eigenvalue weighted by Crippen LogP contribution is 2.14. The van der Waals surface area contributed by atoms with E-state index >= 15 is 0 Å². The van der Waals surface area contributed by atoms with Crippen LogP contribution in [0.25, 0.3) is 0 Å². The molecule has 0 aliphatic rings. The zero-order valence-corrected chi connectivity index (χ0v) is 8.51. The normalized spacial score (nSPS) is 9.07. The topological polar surface area (TPSA) is 61.0 Å². The molecule has 0 aliphatic heterocycles. The van der Waals surface area contributed by atoms with Crippen molar-refractivity contribution < 1.29 is 4.74 Å². The predicted molar refractivity (Wildman–Crippen MR) is 54.1 cm³/mol. The van der Waals surface area contributed by atoms with Gasteiger partial charge >= 0.3 is 0 Å². The molecule has 1 aromatic heterocycles. The Morgan fingerprint density at radius 1 is 1.64 bits per heavy atom. The molecule has 74 valence electrons. The monoisotopic (exact) mass is 211 g/mol. The second kappa shape index (κ2) is 5.43. The number of nitrogens with zero attached hydrogens (tertiary/aromatic N) is 2. The summed E-state index contributed by atoms with van der Waals surface area (Å²) >= 11 is 5.59. The highest BCUT2D eigenvalue weighted by molar-refractivity contribution is 6.28. The van der Waals surface area contributed by atoms with E-state index in [-0.39, 0.29) is 5.28 Å². The molecule has 0 atom stereocenters. The smallest absolute Gasteiger partial charge is 0.233 e. The van der Waals surface area contributed by atoms with Gasteiger partial charge in [0.05, 0.1) is 13.3 Å². The minimum atomic E-state index is 0.145. The summed E-state index contributed by atoms with van der Waals surface area (Å²) in [5.74, 6) is 6.10. The molecule has 0 fully saturated rings. The van der Waals surface area contributed by atoms with Gasteiger partial charge in [0, 0.05) is 13.0 Å². The summed E-state index contributed by atoms with van der Waals surface area (Å²) in [5.41, 5.74) is 5.92. The lowest BCUT2D eigenvalue weighted by molar-refractivity contribution is 0.395. The van der Waals surface area contributed by atoms with E-state index in [0.29, 0.717) is 24.4 Å². The van der Waals surface area contributed by atoms with E-state index in [1.54, 1.807) is 0 Å². The second-order valence-corrected chi connectivity index (χ2v) is 2.74. The fraction of sp³-hybridized carbons (Fsp3) is 0.333. The molecule has 1 heterocycles. The van der Waals surface area contributed by atoms with Crippen LogP contribution in [0.2, 0.25) is 5.28 Å². The molecule has 14 heavy (non-hydrogen) atoms. The molecule has 2 N–H and O–H groups in total. The third-order valence-corrected chi connectivity index (χ3v) is 1.59. The van der Waals surface area contributed by atoms with Crippen molar-refractivity contribution in [2.75, 3.05) is 13.7 Å². The lowest BCUT2D eigenvalue weighted by Crippen LogP contribution is -1.96. The van der Waals surface area contributed by atoms with Crippen LogP contribution in [0.4, 0.5) is 0 Å². The number of rotatable bonds is 2. The zero-order chi connectivity index (χ0) is 10.4. The SMILES string of the molecule is COc1nc(Cl)ncc1C#CCCN. The summed E-state index contributed by atoms with van der Waals surface area (Å²) in [6.07, 6.45) is 2.16. The Bertz CT molecular complexity index is 370. The third kappa shape index (κ3) is 2.87. The van der Waals surface area contributed by atoms with Crippen LogP contribution in [-0.2, 0) is 0 Å². The first-order valence-electron chi connectivity index (χ1n) is 4.03. The number of aromatic nitrogens is 2. The molecule has 0 aromatic carbocycles. The zero-order valence-electron chi connectivity index (χ0n) is 7.75. The van der Waals surface area contributed by atoms with Crippen LogP contribution in [0.3, 0.4) is 0 Å². The quantitative estimate of drug-likeness (QED) is 0.582. The Kier molecular flexibility index (Phi) is 4.17. The molecule has 4 nitrogen and oxygen atoms in total. The van der Waals surface area contributed by atoms with Gasteiger partial charge < -0.3 is 10.5 Å². The lowest BCUT2D eigenvalue weighted by atomic mass is 10.3. The van der Waals surface area contributed by atoms with Crippen molar-refractivity contribution in [3.05, 3.63) is 17.0 Å². The van der Waals surface area contributed by atoms with Gasteiger partial charge in [-0.3, -0.25) is 0 Å². The summed E-state index contributed by atoms with van der Waals surface area (Å²) in [6, 6.07) is 0. The Morgan fingerprint density at radius 3 is 3.07 bits per heavy atom. The van der Waals surface area contributed by atoms with Crippen molar-refractivity contribution in [1.82, 2.24) is 9.97 Å². The van der Waals surface area contributed by atoms with Gasteiger partial charge in [0.1, 0.15) is 5.56 Å². The number of hydrogen-bond acceptors (Lipinski definition) is 4. The van der Waals surface area contributed by atoms with Crippen molar-refractivity contribution in [2.45, 2.75) is 6.42 Å². The number of hydrogen-bond donors (Lipinski definition) is 1. The summed E-state index contributed by atoms with van der Waals surface area (Å²) in [6.45, 7) is 0.532. The molecule has 0 amide bonds. The van der Waals surface area contributed by atoms with Crippen molar-refractivity contribution in [3.63, 3.8) is 0 Å². The van der Waals surface area contributed by atoms with Gasteiger partial charge in [-0.15, -0.1) is 0 Å². The Morgan fingerprint density at radius 2 is 2.43 bits per heavy atom. The number of methoxy groups -OCH3 is 1. The number of ether oxygens (including phenoxy) is 1. The maximum absolute atomic E-state index is 5.59. The van der Waals surface area contributed by atoms with Crippen LogP contribution in [0.1, 0.15) is 12.0 Å². The average molecular weight is 212 g/mol. The van der Waals surface area contributed by atoms with E-state index < -0.39 is 0 Å². The molecule has 0 unspecified atom stereocenters. The molecular weight excluding hydrogens is 202 g/mol. The maximum atomic E-state index is 5.59. The van der Waals surface area contributed by atoms with E-state index in [1.807, 2.05) is 0 Å². The summed E-state index contributed by atoms with van der Waals surface area (Å²) in [7, 11) is 1.51. The van der Waals surface area contributed by atoms with Gasteiger partial charge in [-0.25, -0.2) is 4.98 Å². The Labute approximate surface area is 87.5 Å². The fourth-order valence-corrected chi connectivity index (χ4v) is 0.943. The summed E-state index contributed by atoms with van der Waals surface area (Å²) < 4.78 is 4.99. The van der Waals surface area contributed by atoms with Gasteiger partial charge in [0.2, 0.25) is 11.2 Å². The molecule has 0 saturated heterocycles. The summed E-state index contributed by atoms with van der Waals surface area (Å²) in [4.78, 5) is 7.68. The molecule has 1 rings (SSSR count). The molecular formula is C9H10ClN3O. The predicted octanol–water partition coefficient (Wildman–Crippen LogP) is 0.839. The van der Waals surface area contributed by atoms with Gasteiger partial charge in [0.15, 0.2) is 0 Å². The number of halogens is 1. The van der Waals surface area contributed by atoms with Crippen LogP contribution in [0.5, 0.6) is 5.88 Å². The van der Waals surface area contributed by atoms with Crippen LogP contribution < -0.4 is 10.5 Å². The van der Waals surface area contributed by atoms with E-state index in [4.69, 9.17) is 22.1 Å². The first kappa shape index (κ1) is 10.8. The largest absolute Gasteiger partial charge is 0.480 e. The molecule has 1 aromatic rings. The summed E-state index contributed by atoms with van der Waals surface area (Å²) in [5, 5.41) is 0.145. The van der Waals surface area contributed by atoms with E-state index in [9.17, 15) is 0 Å². The molecule has 0 bridgehead atoms. The highest BCUT2D eigenvalue weighted by atomic mass is 35.5. The Balaban J connectivity index is 2.92. The minimum Gasteiger partial charge on any atom is -0.480 e. The van der Waals surface area contributed by atoms with Crippen LogP contribution >= 0.6 is 11.6 Å². The maximum Gasteiger partial charge on any atom is 0.233 e. The molecule has 0 spiro atoms. The number of nitrogens with two attached hydrogens (primary N) is 1. The van der Waals surface area contributed by atoms with Crippen molar-refractivity contribution >= 4 is 11.6 Å². The second-order valence-electron chi connectivity index (χ2n) is 2.40. The van der Waals surface area contributed by atoms with Crippen LogP contribution in [0.15, 0.2) is 6.20 Å². The van der Waals surface area contributed by atoms with Crippen molar-refractivity contribution in [2.24, 2.45) is 5.73 Å². The molecule has 5 heteroatoms.